The van der Waals surface area contributed by atoms with E-state index in [1.54, 1.807) is 4.90 Å². The standard InChI is InChI=1S/C29H43N3O3/c1-3-13-28(33)31(20-12-21-35-4-2)24-29(34)32(26-16-9-6-10-17-26)23-27-18-11-19-30(27)22-25-14-7-5-8-15-25/h5,7-8,11,14-15,18-19,26H,3-4,6,9-10,12-13,16-17,20-24H2,1-2H3. The number of hydrogen-bond donors (Lipinski definition) is 0. The van der Waals surface area contributed by atoms with E-state index in [-0.39, 0.29) is 24.4 Å². The maximum Gasteiger partial charge on any atom is 0.242 e. The zero-order valence-electron chi connectivity index (χ0n) is 21.7. The highest BCUT2D eigenvalue weighted by molar-refractivity contribution is 5.85. The number of amides is 2. The Kier molecular flexibility index (Phi) is 11.4. The van der Waals surface area contributed by atoms with E-state index < -0.39 is 0 Å². The maximum absolute atomic E-state index is 13.7. The number of carbonyl (C=O) groups is 2. The molecule has 6 nitrogen and oxygen atoms in total. The summed E-state index contributed by atoms with van der Waals surface area (Å²) in [5, 5.41) is 0. The van der Waals surface area contributed by atoms with E-state index in [0.29, 0.717) is 32.7 Å². The van der Waals surface area contributed by atoms with E-state index in [1.165, 1.54) is 12.0 Å². The molecule has 1 aromatic carbocycles. The summed E-state index contributed by atoms with van der Waals surface area (Å²) in [6, 6.07) is 14.8. The van der Waals surface area contributed by atoms with Crippen LogP contribution in [0.15, 0.2) is 48.7 Å². The predicted octanol–water partition coefficient (Wildman–Crippen LogP) is 5.25. The molecular weight excluding hydrogens is 438 g/mol. The minimum Gasteiger partial charge on any atom is -0.382 e. The molecule has 192 valence electrons. The molecule has 1 aliphatic rings. The fourth-order valence-electron chi connectivity index (χ4n) is 4.94. The third-order valence-electron chi connectivity index (χ3n) is 6.85. The van der Waals surface area contributed by atoms with E-state index in [0.717, 1.165) is 50.8 Å². The Labute approximate surface area is 211 Å². The van der Waals surface area contributed by atoms with Crippen molar-refractivity contribution in [2.45, 2.75) is 84.3 Å². The second-order valence-electron chi connectivity index (χ2n) is 9.54. The number of aromatic nitrogens is 1. The highest BCUT2D eigenvalue weighted by atomic mass is 16.5. The summed E-state index contributed by atoms with van der Waals surface area (Å²) in [5.41, 5.74) is 2.38. The molecule has 0 radical (unpaired) electrons. The third-order valence-corrected chi connectivity index (χ3v) is 6.85. The summed E-state index contributed by atoms with van der Waals surface area (Å²) in [7, 11) is 0. The second kappa shape index (κ2) is 14.7. The lowest BCUT2D eigenvalue weighted by Crippen LogP contribution is -2.47. The largest absolute Gasteiger partial charge is 0.382 e. The van der Waals surface area contributed by atoms with Crippen LogP contribution in [0.3, 0.4) is 0 Å². The Balaban J connectivity index is 1.74. The summed E-state index contributed by atoms with van der Waals surface area (Å²) in [6.45, 7) is 7.34. The van der Waals surface area contributed by atoms with Crippen LogP contribution in [0, 0.1) is 0 Å². The molecule has 1 heterocycles. The number of benzene rings is 1. The Hall–Kier alpha value is -2.60. The van der Waals surface area contributed by atoms with Crippen molar-refractivity contribution in [1.29, 1.82) is 0 Å². The van der Waals surface area contributed by atoms with Gasteiger partial charge in [0.25, 0.3) is 0 Å². The molecule has 0 unspecified atom stereocenters. The molecule has 0 saturated heterocycles. The van der Waals surface area contributed by atoms with E-state index in [4.69, 9.17) is 4.74 Å². The molecule has 35 heavy (non-hydrogen) atoms. The molecule has 0 N–H and O–H groups in total. The second-order valence-corrected chi connectivity index (χ2v) is 9.54. The van der Waals surface area contributed by atoms with Gasteiger partial charge in [0.2, 0.25) is 11.8 Å². The Morgan fingerprint density at radius 3 is 2.49 bits per heavy atom. The lowest BCUT2D eigenvalue weighted by molar-refractivity contribution is -0.143. The first-order valence-electron chi connectivity index (χ1n) is 13.4. The third kappa shape index (κ3) is 8.53. The van der Waals surface area contributed by atoms with Crippen LogP contribution in [0.2, 0.25) is 0 Å². The number of carbonyl (C=O) groups excluding carboxylic acids is 2. The molecule has 2 amide bonds. The normalized spacial score (nSPS) is 14.1. The van der Waals surface area contributed by atoms with Gasteiger partial charge in [-0.05, 0) is 50.3 Å². The monoisotopic (exact) mass is 481 g/mol. The van der Waals surface area contributed by atoms with Gasteiger partial charge in [-0.3, -0.25) is 9.59 Å². The minimum absolute atomic E-state index is 0.0604. The van der Waals surface area contributed by atoms with Gasteiger partial charge in [-0.15, -0.1) is 0 Å². The first-order valence-corrected chi connectivity index (χ1v) is 13.4. The van der Waals surface area contributed by atoms with Crippen molar-refractivity contribution in [2.24, 2.45) is 0 Å². The van der Waals surface area contributed by atoms with Gasteiger partial charge in [0.15, 0.2) is 0 Å². The molecule has 0 atom stereocenters. The number of rotatable bonds is 14. The minimum atomic E-state index is 0.0604. The van der Waals surface area contributed by atoms with Crippen LogP contribution < -0.4 is 0 Å². The lowest BCUT2D eigenvalue weighted by Gasteiger charge is -2.36. The van der Waals surface area contributed by atoms with Crippen LogP contribution in [0.1, 0.15) is 76.5 Å². The van der Waals surface area contributed by atoms with Crippen molar-refractivity contribution in [1.82, 2.24) is 14.4 Å². The van der Waals surface area contributed by atoms with Gasteiger partial charge in [-0.25, -0.2) is 0 Å². The highest BCUT2D eigenvalue weighted by Crippen LogP contribution is 2.25. The van der Waals surface area contributed by atoms with Crippen molar-refractivity contribution in [3.63, 3.8) is 0 Å². The summed E-state index contributed by atoms with van der Waals surface area (Å²) >= 11 is 0. The van der Waals surface area contributed by atoms with Crippen LogP contribution >= 0.6 is 0 Å². The van der Waals surface area contributed by atoms with Crippen LogP contribution in [-0.2, 0) is 27.4 Å². The lowest BCUT2D eigenvalue weighted by atomic mass is 9.94. The van der Waals surface area contributed by atoms with Gasteiger partial charge in [0.1, 0.15) is 0 Å². The number of nitrogens with zero attached hydrogens (tertiary/aromatic N) is 3. The van der Waals surface area contributed by atoms with Gasteiger partial charge < -0.3 is 19.1 Å². The summed E-state index contributed by atoms with van der Waals surface area (Å²) in [4.78, 5) is 30.4. The van der Waals surface area contributed by atoms with Gasteiger partial charge in [0, 0.05) is 50.7 Å². The van der Waals surface area contributed by atoms with Crippen LogP contribution in [0.4, 0.5) is 0 Å². The van der Waals surface area contributed by atoms with Gasteiger partial charge in [0.05, 0.1) is 13.1 Å². The molecule has 1 saturated carbocycles. The first kappa shape index (κ1) is 27.0. The molecule has 1 aromatic heterocycles. The van der Waals surface area contributed by atoms with Crippen molar-refractivity contribution in [3.05, 3.63) is 59.9 Å². The molecule has 0 spiro atoms. The molecule has 0 aliphatic heterocycles. The predicted molar refractivity (Wildman–Crippen MR) is 140 cm³/mol. The quantitative estimate of drug-likeness (QED) is 0.346. The van der Waals surface area contributed by atoms with E-state index in [9.17, 15) is 9.59 Å². The molecule has 3 rings (SSSR count). The van der Waals surface area contributed by atoms with Crippen LogP contribution in [-0.4, -0.2) is 58.5 Å². The first-order chi connectivity index (χ1) is 17.1. The van der Waals surface area contributed by atoms with Gasteiger partial charge in [-0.1, -0.05) is 56.5 Å². The smallest absolute Gasteiger partial charge is 0.242 e. The van der Waals surface area contributed by atoms with Crippen molar-refractivity contribution >= 4 is 11.8 Å². The van der Waals surface area contributed by atoms with E-state index in [1.807, 2.05) is 19.9 Å². The maximum atomic E-state index is 13.7. The zero-order chi connectivity index (χ0) is 24.9. The summed E-state index contributed by atoms with van der Waals surface area (Å²) < 4.78 is 7.70. The summed E-state index contributed by atoms with van der Waals surface area (Å²) in [5.74, 6) is 0.124. The van der Waals surface area contributed by atoms with Crippen LogP contribution in [0.5, 0.6) is 0 Å². The van der Waals surface area contributed by atoms with Gasteiger partial charge >= 0.3 is 0 Å². The van der Waals surface area contributed by atoms with E-state index in [2.05, 4.69) is 52.1 Å². The molecule has 0 bridgehead atoms. The average Bonchev–Trinajstić information content (AvgIpc) is 3.32. The fraction of sp³-hybridized carbons (Fsp3) is 0.586. The molecule has 6 heteroatoms. The van der Waals surface area contributed by atoms with Crippen LogP contribution in [0.25, 0.3) is 0 Å². The van der Waals surface area contributed by atoms with Gasteiger partial charge in [-0.2, -0.15) is 0 Å². The number of ether oxygens (including phenoxy) is 1. The number of hydrogen-bond acceptors (Lipinski definition) is 3. The highest BCUT2D eigenvalue weighted by Gasteiger charge is 2.28. The Morgan fingerprint density at radius 1 is 1.00 bits per heavy atom. The van der Waals surface area contributed by atoms with E-state index >= 15 is 0 Å². The zero-order valence-corrected chi connectivity index (χ0v) is 21.7. The summed E-state index contributed by atoms with van der Waals surface area (Å²) in [6.07, 6.45) is 9.74. The van der Waals surface area contributed by atoms with Crippen molar-refractivity contribution < 1.29 is 14.3 Å². The molecule has 1 fully saturated rings. The molecular formula is C29H43N3O3. The fourth-order valence-corrected chi connectivity index (χ4v) is 4.94. The molecule has 2 aromatic rings. The van der Waals surface area contributed by atoms with Crippen molar-refractivity contribution in [3.8, 4) is 0 Å². The Bertz CT molecular complexity index is 890. The topological polar surface area (TPSA) is 54.8 Å². The Morgan fingerprint density at radius 2 is 1.77 bits per heavy atom. The average molecular weight is 482 g/mol. The van der Waals surface area contributed by atoms with Crippen molar-refractivity contribution in [2.75, 3.05) is 26.3 Å². The SMILES string of the molecule is CCCC(=O)N(CCCOCC)CC(=O)N(Cc1cccn1Cc1ccccc1)C1CCCCC1. The molecule has 1 aliphatic carbocycles.